The maximum Gasteiger partial charge on any atom is 0.187 e. The number of aliphatic hydroxyl groups is 1. The number of aliphatic hydroxyl groups excluding tert-OH is 1. The monoisotopic (exact) mass is 498 g/mol. The lowest BCUT2D eigenvalue weighted by Gasteiger charge is -2.12. The second-order valence-corrected chi connectivity index (χ2v) is 8.31. The summed E-state index contributed by atoms with van der Waals surface area (Å²) >= 11 is 0. The van der Waals surface area contributed by atoms with Crippen LogP contribution in [0.3, 0.4) is 0 Å². The van der Waals surface area contributed by atoms with E-state index < -0.39 is 0 Å². The molecule has 1 aliphatic carbocycles. The van der Waals surface area contributed by atoms with Crippen LogP contribution in [0.1, 0.15) is 50.5 Å². The number of nitrogens with zero attached hydrogens (tertiary/aromatic N) is 2. The number of methoxy groups -OCH3 is 2. The number of hydrogen-bond donors (Lipinski definition) is 1. The molecule has 0 radical (unpaired) electrons. The van der Waals surface area contributed by atoms with E-state index in [1.165, 1.54) is 7.11 Å². The van der Waals surface area contributed by atoms with Crippen LogP contribution in [0.15, 0.2) is 54.6 Å². The van der Waals surface area contributed by atoms with E-state index >= 15 is 0 Å². The highest BCUT2D eigenvalue weighted by Crippen LogP contribution is 2.38. The fraction of sp³-hybridized carbons (Fsp3) is 0.241. The number of benzene rings is 2. The van der Waals surface area contributed by atoms with E-state index in [1.54, 1.807) is 43.5 Å². The molecule has 0 saturated heterocycles. The maximum atomic E-state index is 13.0. The number of aromatic nitrogens is 1. The standard InChI is InChI=1S/C29H26N2O6/c1-30-20-7-4-18-5-8-21(22(18)17-20)29-27(35-2)13-9-23(31-29)25(34)11-10-24(33)19-6-12-26(37-15-14-32)28(16-19)36-3/h4,6-9,12-13,16-17,32H,5,10-11,14-15H2,2-3H3. The van der Waals surface area contributed by atoms with Crippen LogP contribution < -0.4 is 14.2 Å². The molecule has 0 unspecified atom stereocenters. The second kappa shape index (κ2) is 11.5. The Labute approximate surface area is 215 Å². The molecule has 0 aliphatic heterocycles. The Bertz CT molecular complexity index is 1420. The lowest BCUT2D eigenvalue weighted by atomic mass is 10.00. The Morgan fingerprint density at radius 1 is 0.973 bits per heavy atom. The molecule has 0 spiro atoms. The van der Waals surface area contributed by atoms with Gasteiger partial charge in [-0.25, -0.2) is 9.83 Å². The summed E-state index contributed by atoms with van der Waals surface area (Å²) in [5.41, 5.74) is 4.50. The lowest BCUT2D eigenvalue weighted by molar-refractivity contribution is 0.0914. The number of pyridine rings is 1. The van der Waals surface area contributed by atoms with E-state index in [0.29, 0.717) is 40.6 Å². The molecule has 0 saturated carbocycles. The van der Waals surface area contributed by atoms with Crippen molar-refractivity contribution in [3.8, 4) is 17.2 Å². The first-order valence-corrected chi connectivity index (χ1v) is 11.7. The van der Waals surface area contributed by atoms with Crippen molar-refractivity contribution in [2.24, 2.45) is 0 Å². The number of rotatable bonds is 11. The van der Waals surface area contributed by atoms with Crippen LogP contribution in [0.4, 0.5) is 5.69 Å². The van der Waals surface area contributed by atoms with Crippen LogP contribution in [0.5, 0.6) is 17.2 Å². The molecule has 8 nitrogen and oxygen atoms in total. The van der Waals surface area contributed by atoms with Crippen LogP contribution in [0.2, 0.25) is 0 Å². The first kappa shape index (κ1) is 25.6. The van der Waals surface area contributed by atoms with Crippen molar-refractivity contribution in [3.05, 3.63) is 94.1 Å². The molecular formula is C29H26N2O6. The van der Waals surface area contributed by atoms with Crippen molar-refractivity contribution >= 4 is 22.8 Å². The zero-order valence-corrected chi connectivity index (χ0v) is 20.6. The summed E-state index contributed by atoms with van der Waals surface area (Å²) < 4.78 is 16.2. The lowest BCUT2D eigenvalue weighted by Crippen LogP contribution is -2.09. The Morgan fingerprint density at radius 2 is 1.73 bits per heavy atom. The Morgan fingerprint density at radius 3 is 2.46 bits per heavy atom. The predicted molar refractivity (Wildman–Crippen MR) is 138 cm³/mol. The van der Waals surface area contributed by atoms with Crippen molar-refractivity contribution < 1.29 is 28.9 Å². The van der Waals surface area contributed by atoms with Crippen LogP contribution in [0, 0.1) is 6.57 Å². The molecule has 8 heteroatoms. The second-order valence-electron chi connectivity index (χ2n) is 8.31. The van der Waals surface area contributed by atoms with E-state index in [4.69, 9.17) is 25.9 Å². The van der Waals surface area contributed by atoms with Crippen LogP contribution in [-0.2, 0) is 6.42 Å². The summed E-state index contributed by atoms with van der Waals surface area (Å²) in [5, 5.41) is 8.94. The molecule has 1 aromatic heterocycles. The number of fused-ring (bicyclic) bond motifs is 1. The van der Waals surface area contributed by atoms with Crippen molar-refractivity contribution in [3.63, 3.8) is 0 Å². The third-order valence-corrected chi connectivity index (χ3v) is 6.07. The zero-order valence-electron chi connectivity index (χ0n) is 20.6. The van der Waals surface area contributed by atoms with Gasteiger partial charge in [0.2, 0.25) is 0 Å². The smallest absolute Gasteiger partial charge is 0.187 e. The molecule has 4 rings (SSSR count). The van der Waals surface area contributed by atoms with Crippen molar-refractivity contribution in [2.45, 2.75) is 19.3 Å². The van der Waals surface area contributed by atoms with E-state index in [-0.39, 0.29) is 43.3 Å². The summed E-state index contributed by atoms with van der Waals surface area (Å²) in [6.07, 6.45) is 2.71. The first-order valence-electron chi connectivity index (χ1n) is 11.7. The van der Waals surface area contributed by atoms with E-state index in [0.717, 1.165) is 16.7 Å². The molecule has 0 fully saturated rings. The van der Waals surface area contributed by atoms with Gasteiger partial charge in [-0.1, -0.05) is 18.2 Å². The molecule has 0 amide bonds. The normalized spacial score (nSPS) is 11.8. The van der Waals surface area contributed by atoms with Gasteiger partial charge < -0.3 is 19.3 Å². The fourth-order valence-electron chi connectivity index (χ4n) is 4.18. The minimum Gasteiger partial charge on any atom is -0.494 e. The Balaban J connectivity index is 1.51. The van der Waals surface area contributed by atoms with E-state index in [9.17, 15) is 9.59 Å². The van der Waals surface area contributed by atoms with E-state index in [1.807, 2.05) is 18.2 Å². The molecule has 1 heterocycles. The molecule has 3 aromatic rings. The summed E-state index contributed by atoms with van der Waals surface area (Å²) in [7, 11) is 3.01. The number of Topliss-reactive ketones (excluding diaryl/α,β-unsaturated/α-hetero) is 2. The van der Waals surface area contributed by atoms with Gasteiger partial charge in [0, 0.05) is 24.0 Å². The van der Waals surface area contributed by atoms with Crippen LogP contribution in [-0.4, -0.2) is 49.1 Å². The van der Waals surface area contributed by atoms with Gasteiger partial charge >= 0.3 is 0 Å². The molecule has 1 N–H and O–H groups in total. The molecule has 0 atom stereocenters. The number of carbonyl (C=O) groups is 2. The minimum atomic E-state index is -0.263. The number of ketones is 2. The average molecular weight is 499 g/mol. The SMILES string of the molecule is [C-]#[N+]c1ccc2c(c1)C(c1nc(C(=O)CCC(=O)c3ccc(OCCO)c(OC)c3)ccc1OC)=CC2. The highest BCUT2D eigenvalue weighted by atomic mass is 16.5. The minimum absolute atomic E-state index is 0.00175. The molecule has 1 aliphatic rings. The van der Waals surface area contributed by atoms with Gasteiger partial charge in [-0.15, -0.1) is 0 Å². The molecule has 37 heavy (non-hydrogen) atoms. The maximum absolute atomic E-state index is 13.0. The average Bonchev–Trinajstić information content (AvgIpc) is 3.37. The van der Waals surface area contributed by atoms with Crippen LogP contribution in [0.25, 0.3) is 10.4 Å². The van der Waals surface area contributed by atoms with Gasteiger partial charge in [0.25, 0.3) is 0 Å². The highest BCUT2D eigenvalue weighted by molar-refractivity contribution is 6.02. The third kappa shape index (κ3) is 5.52. The first-order chi connectivity index (χ1) is 18.0. The summed E-state index contributed by atoms with van der Waals surface area (Å²) in [5.74, 6) is 0.841. The van der Waals surface area contributed by atoms with Gasteiger partial charge in [-0.05, 0) is 53.9 Å². The van der Waals surface area contributed by atoms with Crippen molar-refractivity contribution in [1.82, 2.24) is 4.98 Å². The Hall–Kier alpha value is -4.48. The molecule has 0 bridgehead atoms. The number of ether oxygens (including phenoxy) is 3. The van der Waals surface area contributed by atoms with Gasteiger partial charge in [0.1, 0.15) is 23.7 Å². The fourth-order valence-corrected chi connectivity index (χ4v) is 4.18. The molecule has 2 aromatic carbocycles. The van der Waals surface area contributed by atoms with Gasteiger partial charge in [0.05, 0.1) is 27.4 Å². The predicted octanol–water partition coefficient (Wildman–Crippen LogP) is 4.85. The number of carbonyl (C=O) groups excluding carboxylic acids is 2. The third-order valence-electron chi connectivity index (χ3n) is 6.07. The topological polar surface area (TPSA) is 99.3 Å². The quantitative estimate of drug-likeness (QED) is 0.298. The Kier molecular flexibility index (Phi) is 7.96. The molecular weight excluding hydrogens is 472 g/mol. The summed E-state index contributed by atoms with van der Waals surface area (Å²) in [6, 6.07) is 13.6. The highest BCUT2D eigenvalue weighted by Gasteiger charge is 2.22. The van der Waals surface area contributed by atoms with Gasteiger partial charge in [0.15, 0.2) is 28.8 Å². The van der Waals surface area contributed by atoms with Gasteiger partial charge in [-0.2, -0.15) is 0 Å². The molecule has 188 valence electrons. The summed E-state index contributed by atoms with van der Waals surface area (Å²) in [4.78, 5) is 33.9. The zero-order chi connectivity index (χ0) is 26.4. The summed E-state index contributed by atoms with van der Waals surface area (Å²) in [6.45, 7) is 7.29. The largest absolute Gasteiger partial charge is 0.494 e. The number of hydrogen-bond acceptors (Lipinski definition) is 7. The van der Waals surface area contributed by atoms with E-state index in [2.05, 4.69) is 9.83 Å². The van der Waals surface area contributed by atoms with Crippen molar-refractivity contribution in [2.75, 3.05) is 27.4 Å². The van der Waals surface area contributed by atoms with Crippen LogP contribution >= 0.6 is 0 Å². The number of allylic oxidation sites excluding steroid dienone is 1. The van der Waals surface area contributed by atoms with Gasteiger partial charge in [-0.3, -0.25) is 9.59 Å². The van der Waals surface area contributed by atoms with Crippen molar-refractivity contribution in [1.29, 1.82) is 0 Å².